The molecule has 3 aliphatic heterocycles. The lowest BCUT2D eigenvalue weighted by Crippen LogP contribution is -2.35. The van der Waals surface area contributed by atoms with Crippen molar-refractivity contribution in [3.8, 4) is 11.5 Å². The average molecular weight is 856 g/mol. The van der Waals surface area contributed by atoms with Crippen LogP contribution in [-0.2, 0) is 39.0 Å². The number of methoxy groups -OCH3 is 1. The number of carbonyl (C=O) groups excluding carboxylic acids is 5. The molecule has 18 nitrogen and oxygen atoms in total. The summed E-state index contributed by atoms with van der Waals surface area (Å²) in [6.45, 7) is 8.53. The number of amides is 5. The predicted octanol–water partition coefficient (Wildman–Crippen LogP) is 5.48. The molecule has 0 radical (unpaired) electrons. The molecule has 3 aromatic heterocycles. The summed E-state index contributed by atoms with van der Waals surface area (Å²) in [6.07, 6.45) is 7.70. The Bertz CT molecular complexity index is 2710. The molecule has 0 unspecified atom stereocenters. The maximum atomic E-state index is 13.5. The van der Waals surface area contributed by atoms with Gasteiger partial charge in [-0.25, -0.2) is 4.98 Å². The first kappa shape index (κ1) is 42.1. The highest BCUT2D eigenvalue weighted by Gasteiger charge is 2.34. The van der Waals surface area contributed by atoms with E-state index in [0.29, 0.717) is 72.3 Å². The number of fused-ring (bicyclic) bond motifs is 3. The molecule has 3 aliphatic rings. The number of aryl methyl sites for hydroxylation is 3. The molecule has 0 spiro atoms. The van der Waals surface area contributed by atoms with Gasteiger partial charge in [0.05, 0.1) is 42.4 Å². The first-order valence-corrected chi connectivity index (χ1v) is 20.6. The van der Waals surface area contributed by atoms with Crippen LogP contribution in [0.3, 0.4) is 0 Å². The topological polar surface area (TPSA) is 198 Å². The lowest BCUT2D eigenvalue weighted by molar-refractivity contribution is -0.116. The second kappa shape index (κ2) is 17.4. The normalized spacial score (nSPS) is 15.1. The lowest BCUT2D eigenvalue weighted by atomic mass is 10.1. The maximum absolute atomic E-state index is 13.5. The van der Waals surface area contributed by atoms with Crippen LogP contribution < -0.4 is 30.7 Å². The molecule has 1 saturated heterocycles. The summed E-state index contributed by atoms with van der Waals surface area (Å²) >= 11 is 0. The molecule has 8 rings (SSSR count). The average Bonchev–Trinajstić information content (AvgIpc) is 4.08. The Hall–Kier alpha value is -7.63. The van der Waals surface area contributed by atoms with Gasteiger partial charge in [0.15, 0.2) is 17.3 Å². The van der Waals surface area contributed by atoms with E-state index >= 15 is 0 Å². The van der Waals surface area contributed by atoms with Crippen molar-refractivity contribution < 1.29 is 33.4 Å². The van der Waals surface area contributed by atoms with E-state index in [2.05, 4.69) is 43.9 Å². The Morgan fingerprint density at radius 2 is 1.56 bits per heavy atom. The molecule has 0 saturated carbocycles. The number of carbonyl (C=O) groups is 5. The Morgan fingerprint density at radius 1 is 0.825 bits per heavy atom. The van der Waals surface area contributed by atoms with Gasteiger partial charge in [0.2, 0.25) is 11.7 Å². The molecule has 18 heteroatoms. The molecule has 0 bridgehead atoms. The first-order chi connectivity index (χ1) is 30.3. The number of hydrogen-bond acceptors (Lipinski definition) is 10. The third-order valence-corrected chi connectivity index (χ3v) is 11.2. The summed E-state index contributed by atoms with van der Waals surface area (Å²) in [6, 6.07) is 12.5. The van der Waals surface area contributed by atoms with E-state index < -0.39 is 11.8 Å². The molecule has 6 heterocycles. The van der Waals surface area contributed by atoms with E-state index in [1.54, 1.807) is 76.9 Å². The van der Waals surface area contributed by atoms with Gasteiger partial charge in [-0.15, -0.1) is 0 Å². The van der Waals surface area contributed by atoms with E-state index in [1.807, 2.05) is 19.1 Å². The number of nitrogens with zero attached hydrogens (tertiary/aromatic N) is 7. The number of imidazole rings is 1. The van der Waals surface area contributed by atoms with Gasteiger partial charge in [0.1, 0.15) is 11.4 Å². The minimum atomic E-state index is -0.552. The van der Waals surface area contributed by atoms with E-state index in [-0.39, 0.29) is 54.1 Å². The number of anilines is 4. The SMILES string of the molecule is C=C1C[C@H]2C=Nc3cc(OCCCC(=O)Nc4cn(C)c(C(=O)Nc5cc(C(=O)Nc6cc(C(=O)N7Cc8ccc(NCC)cc8C7)n(C)c6)n(C)c5)n4)c(OC)cc3C(=O)N2C1. The predicted molar refractivity (Wildman–Crippen MR) is 237 cm³/mol. The maximum Gasteiger partial charge on any atom is 0.291 e. The van der Waals surface area contributed by atoms with Crippen LogP contribution in [0.2, 0.25) is 0 Å². The van der Waals surface area contributed by atoms with Gasteiger partial charge in [-0.2, -0.15) is 0 Å². The zero-order valence-corrected chi connectivity index (χ0v) is 35.8. The van der Waals surface area contributed by atoms with E-state index in [9.17, 15) is 24.0 Å². The van der Waals surface area contributed by atoms with E-state index in [4.69, 9.17) is 9.47 Å². The van der Waals surface area contributed by atoms with Crippen LogP contribution in [0.1, 0.15) is 79.3 Å². The van der Waals surface area contributed by atoms with Gasteiger partial charge < -0.3 is 54.2 Å². The second-order valence-electron chi connectivity index (χ2n) is 15.8. The minimum absolute atomic E-state index is 0.0333. The Labute approximate surface area is 363 Å². The number of benzene rings is 2. The summed E-state index contributed by atoms with van der Waals surface area (Å²) in [5, 5.41) is 11.7. The van der Waals surface area contributed by atoms with Crippen molar-refractivity contribution in [1.29, 1.82) is 0 Å². The Balaban J connectivity index is 0.819. The Morgan fingerprint density at radius 3 is 2.32 bits per heavy atom. The van der Waals surface area contributed by atoms with Gasteiger partial charge in [0, 0.05) is 90.3 Å². The van der Waals surface area contributed by atoms with Crippen molar-refractivity contribution in [3.05, 3.63) is 107 Å². The highest BCUT2D eigenvalue weighted by Crippen LogP contribution is 2.38. The molecule has 326 valence electrons. The van der Waals surface area contributed by atoms with E-state index in [0.717, 1.165) is 28.9 Å². The summed E-state index contributed by atoms with van der Waals surface area (Å²) in [5.74, 6) is -0.598. The van der Waals surface area contributed by atoms with Gasteiger partial charge >= 0.3 is 0 Å². The smallest absolute Gasteiger partial charge is 0.291 e. The van der Waals surface area contributed by atoms with Crippen LogP contribution >= 0.6 is 0 Å². The van der Waals surface area contributed by atoms with Crippen molar-refractivity contribution in [2.75, 3.05) is 48.1 Å². The van der Waals surface area contributed by atoms with Crippen LogP contribution in [0.15, 0.2) is 78.2 Å². The molecule has 63 heavy (non-hydrogen) atoms. The fourth-order valence-corrected chi connectivity index (χ4v) is 8.06. The second-order valence-corrected chi connectivity index (χ2v) is 15.8. The zero-order chi connectivity index (χ0) is 44.5. The van der Waals surface area contributed by atoms with Crippen molar-refractivity contribution in [2.45, 2.75) is 45.3 Å². The van der Waals surface area contributed by atoms with Crippen LogP contribution in [0, 0.1) is 0 Å². The number of nitrogens with one attached hydrogen (secondary N) is 4. The lowest BCUT2D eigenvalue weighted by Gasteiger charge is -2.20. The standard InChI is InChI=1S/C45H49N11O7/c1-7-46-29-11-10-27-21-55(22-28(27)14-29)45(61)36-16-31(24-53(36)4)48-42(58)35-15-30(23-52(35)3)49-43(59)41-51-39(25-54(41)5)50-40(57)9-8-12-63-38-18-34-33(17-37(38)62-6)44(60)56-20-26(2)13-32(56)19-47-34/h10-11,14-19,23-25,32,46H,2,7-9,12-13,20-22H2,1,3-6H3,(H,48,58)(H,49,59)(H,50,57)/t32-/m0/s1. The summed E-state index contributed by atoms with van der Waals surface area (Å²) in [7, 11) is 6.56. The molecule has 2 aromatic carbocycles. The summed E-state index contributed by atoms with van der Waals surface area (Å²) in [5.41, 5.74) is 6.62. The van der Waals surface area contributed by atoms with Crippen molar-refractivity contribution in [1.82, 2.24) is 28.5 Å². The minimum Gasteiger partial charge on any atom is -0.493 e. The van der Waals surface area contributed by atoms with Crippen molar-refractivity contribution in [3.63, 3.8) is 0 Å². The van der Waals surface area contributed by atoms with Crippen molar-refractivity contribution >= 4 is 64.3 Å². The number of hydrogen-bond donors (Lipinski definition) is 4. The number of rotatable bonds is 14. The number of ether oxygens (including phenoxy) is 2. The number of aliphatic imine (C=N–C) groups is 1. The van der Waals surface area contributed by atoms with E-state index in [1.165, 1.54) is 23.9 Å². The quantitative estimate of drug-likeness (QED) is 0.0825. The number of aromatic nitrogens is 4. The fraction of sp³-hybridized carbons (Fsp3) is 0.311. The molecule has 5 amide bonds. The van der Waals surface area contributed by atoms with Crippen LogP contribution in [0.25, 0.3) is 0 Å². The largest absolute Gasteiger partial charge is 0.493 e. The summed E-state index contributed by atoms with van der Waals surface area (Å²) < 4.78 is 16.2. The third kappa shape index (κ3) is 8.77. The highest BCUT2D eigenvalue weighted by atomic mass is 16.5. The van der Waals surface area contributed by atoms with Gasteiger partial charge in [0.25, 0.3) is 23.6 Å². The molecule has 1 atom stereocenters. The molecular weight excluding hydrogens is 807 g/mol. The van der Waals surface area contributed by atoms with Crippen LogP contribution in [0.4, 0.5) is 28.6 Å². The molecular formula is C45H49N11O7. The highest BCUT2D eigenvalue weighted by molar-refractivity contribution is 6.07. The first-order valence-electron chi connectivity index (χ1n) is 20.6. The van der Waals surface area contributed by atoms with Gasteiger partial charge in [-0.1, -0.05) is 18.2 Å². The summed E-state index contributed by atoms with van der Waals surface area (Å²) in [4.78, 5) is 78.8. The molecule has 0 aliphatic carbocycles. The third-order valence-electron chi connectivity index (χ3n) is 11.2. The zero-order valence-electron chi connectivity index (χ0n) is 35.8. The Kier molecular flexibility index (Phi) is 11.6. The molecule has 1 fully saturated rings. The van der Waals surface area contributed by atoms with Gasteiger partial charge in [-0.05, 0) is 61.2 Å². The van der Waals surface area contributed by atoms with Crippen LogP contribution in [0.5, 0.6) is 11.5 Å². The molecule has 4 N–H and O–H groups in total. The fourth-order valence-electron chi connectivity index (χ4n) is 8.06. The van der Waals surface area contributed by atoms with Crippen molar-refractivity contribution in [2.24, 2.45) is 26.1 Å². The monoisotopic (exact) mass is 855 g/mol. The van der Waals surface area contributed by atoms with Crippen LogP contribution in [-0.4, -0.2) is 97.1 Å². The molecule has 5 aromatic rings. The van der Waals surface area contributed by atoms with Gasteiger partial charge in [-0.3, -0.25) is 29.0 Å².